The van der Waals surface area contributed by atoms with Crippen molar-refractivity contribution in [1.29, 1.82) is 0 Å². The van der Waals surface area contributed by atoms with Crippen LogP contribution < -0.4 is 0 Å². The van der Waals surface area contributed by atoms with Gasteiger partial charge in [-0.2, -0.15) is 0 Å². The van der Waals surface area contributed by atoms with E-state index >= 15 is 0 Å². The SMILES string of the molecule is CCC(CC)N1C(=O)c2ccc3c4c(SCCC(=O)O)cc5c6c(ccc(c7c(SCCC(=O)O)cc(c2c37)C1=O)c64)C(=O)N(C(CC)CC)C5=O. The van der Waals surface area contributed by atoms with Crippen molar-refractivity contribution in [1.82, 2.24) is 9.80 Å². The molecule has 2 aliphatic heterocycles. The van der Waals surface area contributed by atoms with Gasteiger partial charge in [0.1, 0.15) is 0 Å². The largest absolute Gasteiger partial charge is 0.481 e. The number of benzene rings is 5. The summed E-state index contributed by atoms with van der Waals surface area (Å²) in [6.07, 6.45) is 2.12. The van der Waals surface area contributed by atoms with Gasteiger partial charge in [0.2, 0.25) is 0 Å². The maximum atomic E-state index is 14.3. The molecule has 52 heavy (non-hydrogen) atoms. The molecule has 0 aromatic heterocycles. The normalized spacial score (nSPS) is 14.5. The van der Waals surface area contributed by atoms with Crippen molar-refractivity contribution < 1.29 is 39.0 Å². The molecule has 2 N–H and O–H groups in total. The molecule has 4 amide bonds. The second-order valence-electron chi connectivity index (χ2n) is 13.3. The summed E-state index contributed by atoms with van der Waals surface area (Å²) < 4.78 is 0. The lowest BCUT2D eigenvalue weighted by Crippen LogP contribution is -2.46. The van der Waals surface area contributed by atoms with E-state index < -0.39 is 23.8 Å². The van der Waals surface area contributed by atoms with Gasteiger partial charge in [-0.05, 0) is 60.7 Å². The summed E-state index contributed by atoms with van der Waals surface area (Å²) in [6.45, 7) is 7.76. The molecule has 12 heteroatoms. The first-order chi connectivity index (χ1) is 25.0. The first kappa shape index (κ1) is 35.7. The van der Waals surface area contributed by atoms with Crippen LogP contribution in [0.15, 0.2) is 46.2 Å². The average Bonchev–Trinajstić information content (AvgIpc) is 3.12. The average molecular weight is 739 g/mol. The Hall–Kier alpha value is -4.68. The molecular formula is C40H38N2O8S2. The molecule has 0 saturated carbocycles. The summed E-state index contributed by atoms with van der Waals surface area (Å²) >= 11 is 2.62. The number of carbonyl (C=O) groups is 6. The fourth-order valence-corrected chi connectivity index (χ4v) is 10.2. The van der Waals surface area contributed by atoms with Crippen molar-refractivity contribution >= 4 is 102 Å². The van der Waals surface area contributed by atoms with Crippen LogP contribution in [0.25, 0.3) is 43.1 Å². The number of carboxylic acid groups (broad SMARTS) is 2. The molecule has 2 aliphatic rings. The molecular weight excluding hydrogens is 701 g/mol. The number of nitrogens with zero attached hydrogens (tertiary/aromatic N) is 2. The first-order valence-corrected chi connectivity index (χ1v) is 19.7. The lowest BCUT2D eigenvalue weighted by molar-refractivity contribution is -0.137. The summed E-state index contributed by atoms with van der Waals surface area (Å²) in [5.41, 5.74) is 1.51. The zero-order chi connectivity index (χ0) is 37.2. The molecule has 0 aliphatic carbocycles. The Morgan fingerprint density at radius 3 is 1.21 bits per heavy atom. The molecule has 5 aromatic rings. The third kappa shape index (κ3) is 5.32. The van der Waals surface area contributed by atoms with Gasteiger partial charge in [0, 0.05) is 88.0 Å². The number of aliphatic carboxylic acids is 2. The smallest absolute Gasteiger partial charge is 0.304 e. The molecule has 0 saturated heterocycles. The minimum atomic E-state index is -0.959. The monoisotopic (exact) mass is 738 g/mol. The van der Waals surface area contributed by atoms with Gasteiger partial charge in [-0.1, -0.05) is 39.8 Å². The van der Waals surface area contributed by atoms with Crippen LogP contribution in [0, 0.1) is 0 Å². The molecule has 5 aromatic carbocycles. The first-order valence-electron chi connectivity index (χ1n) is 17.7. The summed E-state index contributed by atoms with van der Waals surface area (Å²) in [5, 5.41) is 24.2. The van der Waals surface area contributed by atoms with Crippen LogP contribution in [0.2, 0.25) is 0 Å². The van der Waals surface area contributed by atoms with Crippen LogP contribution in [-0.2, 0) is 9.59 Å². The molecule has 0 bridgehead atoms. The fourth-order valence-electron chi connectivity index (χ4n) is 8.13. The van der Waals surface area contributed by atoms with Gasteiger partial charge in [-0.15, -0.1) is 23.5 Å². The molecule has 268 valence electrons. The van der Waals surface area contributed by atoms with Gasteiger partial charge in [-0.25, -0.2) is 0 Å². The lowest BCUT2D eigenvalue weighted by atomic mass is 9.81. The molecule has 7 rings (SSSR count). The van der Waals surface area contributed by atoms with Gasteiger partial charge in [-0.3, -0.25) is 38.6 Å². The molecule has 0 radical (unpaired) electrons. The molecule has 0 spiro atoms. The van der Waals surface area contributed by atoms with Crippen LogP contribution in [-0.4, -0.2) is 79.2 Å². The van der Waals surface area contributed by atoms with Crippen molar-refractivity contribution in [2.75, 3.05) is 11.5 Å². The highest BCUT2D eigenvalue weighted by atomic mass is 32.2. The Kier molecular flexibility index (Phi) is 9.41. The van der Waals surface area contributed by atoms with Gasteiger partial charge in [0.25, 0.3) is 23.6 Å². The van der Waals surface area contributed by atoms with E-state index in [0.717, 1.165) is 0 Å². The van der Waals surface area contributed by atoms with E-state index in [1.165, 1.54) is 33.3 Å². The predicted octanol–water partition coefficient (Wildman–Crippen LogP) is 8.44. The number of imide groups is 2. The van der Waals surface area contributed by atoms with E-state index in [1.54, 1.807) is 24.3 Å². The third-order valence-electron chi connectivity index (χ3n) is 10.6. The quantitative estimate of drug-likeness (QED) is 0.0492. The molecule has 0 unspecified atom stereocenters. The Balaban J connectivity index is 1.64. The van der Waals surface area contributed by atoms with Crippen LogP contribution in [0.1, 0.15) is 108 Å². The van der Waals surface area contributed by atoms with E-state index in [9.17, 15) is 39.0 Å². The van der Waals surface area contributed by atoms with Crippen molar-refractivity contribution in [2.45, 2.75) is 88.1 Å². The predicted molar refractivity (Wildman–Crippen MR) is 203 cm³/mol. The second-order valence-corrected chi connectivity index (χ2v) is 15.6. The topological polar surface area (TPSA) is 149 Å². The Bertz CT molecular complexity index is 2210. The van der Waals surface area contributed by atoms with Crippen molar-refractivity contribution in [2.24, 2.45) is 0 Å². The maximum Gasteiger partial charge on any atom is 0.304 e. The van der Waals surface area contributed by atoms with Gasteiger partial charge < -0.3 is 10.2 Å². The lowest BCUT2D eigenvalue weighted by Gasteiger charge is -2.35. The van der Waals surface area contributed by atoms with E-state index in [0.29, 0.717) is 101 Å². The van der Waals surface area contributed by atoms with E-state index in [1.807, 2.05) is 39.8 Å². The number of hydrogen-bond donors (Lipinski definition) is 2. The number of carbonyl (C=O) groups excluding carboxylic acids is 4. The van der Waals surface area contributed by atoms with E-state index in [4.69, 9.17) is 0 Å². The minimum absolute atomic E-state index is 0.120. The fraction of sp³-hybridized carbons (Fsp3) is 0.350. The molecule has 0 atom stereocenters. The Labute approximate surface area is 308 Å². The standard InChI is InChI=1S/C40H38N2O8S2/c1-5-19(6-2)41-37(47)23-11-9-21-34-28(52-16-14-30(45)46)18-26-32-24(38(48)42(40(26)50)20(7-3)8-4)12-10-22(36(32)34)33-27(51-15-13-29(43)44)17-25(39(41)49)31(23)35(21)33/h9-12,17-20H,5-8,13-16H2,1-4H3,(H,43,44)(H,45,46). The summed E-state index contributed by atoms with van der Waals surface area (Å²) in [6, 6.07) is 10.1. The number of rotatable bonds is 14. The highest BCUT2D eigenvalue weighted by Crippen LogP contribution is 2.52. The van der Waals surface area contributed by atoms with E-state index in [-0.39, 0.29) is 48.2 Å². The highest BCUT2D eigenvalue weighted by Gasteiger charge is 2.41. The second kappa shape index (κ2) is 13.7. The Morgan fingerprint density at radius 1 is 0.538 bits per heavy atom. The molecule has 2 heterocycles. The summed E-state index contributed by atoms with van der Waals surface area (Å²) in [7, 11) is 0. The van der Waals surface area contributed by atoms with E-state index in [2.05, 4.69) is 0 Å². The van der Waals surface area contributed by atoms with Crippen LogP contribution in [0.4, 0.5) is 0 Å². The van der Waals surface area contributed by atoms with Crippen molar-refractivity contribution in [3.05, 3.63) is 58.7 Å². The van der Waals surface area contributed by atoms with Crippen LogP contribution in [0.5, 0.6) is 0 Å². The number of thioether (sulfide) groups is 2. The van der Waals surface area contributed by atoms with Crippen molar-refractivity contribution in [3.8, 4) is 0 Å². The number of carboxylic acids is 2. The van der Waals surface area contributed by atoms with Gasteiger partial charge >= 0.3 is 11.9 Å². The number of amides is 4. The zero-order valence-electron chi connectivity index (χ0n) is 29.3. The highest BCUT2D eigenvalue weighted by molar-refractivity contribution is 7.99. The number of fused-ring (bicyclic) bond motifs is 2. The summed E-state index contributed by atoms with van der Waals surface area (Å²) in [5.74, 6) is -3.04. The van der Waals surface area contributed by atoms with Crippen molar-refractivity contribution in [3.63, 3.8) is 0 Å². The van der Waals surface area contributed by atoms with Gasteiger partial charge in [0.15, 0.2) is 0 Å². The molecule has 0 fully saturated rings. The zero-order valence-corrected chi connectivity index (χ0v) is 31.0. The van der Waals surface area contributed by atoms with Gasteiger partial charge in [0.05, 0.1) is 12.8 Å². The third-order valence-corrected chi connectivity index (χ3v) is 12.7. The maximum absolute atomic E-state index is 14.3. The summed E-state index contributed by atoms with van der Waals surface area (Å²) in [4.78, 5) is 84.3. The minimum Gasteiger partial charge on any atom is -0.481 e. The number of hydrogen-bond acceptors (Lipinski definition) is 8. The van der Waals surface area contributed by atoms with Crippen LogP contribution >= 0.6 is 23.5 Å². The molecule has 10 nitrogen and oxygen atoms in total. The Morgan fingerprint density at radius 2 is 0.885 bits per heavy atom. The van der Waals surface area contributed by atoms with Crippen LogP contribution in [0.3, 0.4) is 0 Å².